The molecule has 0 aromatic carbocycles. The van der Waals surface area contributed by atoms with Crippen molar-refractivity contribution in [2.75, 3.05) is 13.6 Å². The molecule has 0 saturated heterocycles. The molecule has 0 spiro atoms. The summed E-state index contributed by atoms with van der Waals surface area (Å²) < 4.78 is 0. The summed E-state index contributed by atoms with van der Waals surface area (Å²) in [5.74, 6) is 0. The Morgan fingerprint density at radius 2 is 2.33 bits per heavy atom. The number of halogens is 1. The second kappa shape index (κ2) is 3.62. The molecule has 38 valence electrons. The van der Waals surface area contributed by atoms with Crippen molar-refractivity contribution < 1.29 is 0 Å². The second-order valence-electron chi connectivity index (χ2n) is 1.34. The Hall–Kier alpha value is 0.440. The molecule has 0 aromatic rings. The van der Waals surface area contributed by atoms with Gasteiger partial charge in [0.25, 0.3) is 0 Å². The first kappa shape index (κ1) is 6.44. The predicted octanol–water partition coefficient (Wildman–Crippen LogP) is 0.989. The molecule has 1 atom stereocenters. The summed E-state index contributed by atoms with van der Waals surface area (Å²) in [6.07, 6.45) is 0. The molecule has 0 aliphatic heterocycles. The van der Waals surface area contributed by atoms with Crippen molar-refractivity contribution >= 4 is 15.9 Å². The molecule has 2 heteroatoms. The third-order valence-electron chi connectivity index (χ3n) is 0.485. The lowest BCUT2D eigenvalue weighted by Crippen LogP contribution is -2.14. The van der Waals surface area contributed by atoms with Crippen LogP contribution in [0.25, 0.3) is 0 Å². The molecule has 0 bridgehead atoms. The predicted molar refractivity (Wildman–Crippen MR) is 32.3 cm³/mol. The van der Waals surface area contributed by atoms with Gasteiger partial charge in [-0.05, 0) is 7.05 Å². The molecular formula is C4H10BrN. The molecule has 0 aliphatic carbocycles. The number of nitrogens with one attached hydrogen (secondary N) is 1. The van der Waals surface area contributed by atoms with Gasteiger partial charge in [-0.2, -0.15) is 0 Å². The van der Waals surface area contributed by atoms with E-state index in [4.69, 9.17) is 0 Å². The van der Waals surface area contributed by atoms with E-state index in [0.717, 1.165) is 6.54 Å². The molecule has 0 amide bonds. The van der Waals surface area contributed by atoms with Crippen molar-refractivity contribution in [3.63, 3.8) is 0 Å². The molecule has 0 radical (unpaired) electrons. The maximum Gasteiger partial charge on any atom is 0.0242 e. The van der Waals surface area contributed by atoms with Gasteiger partial charge in [0.05, 0.1) is 0 Å². The third-order valence-corrected chi connectivity index (χ3v) is 0.809. The SMILES string of the molecule is CNCC(C)Br. The maximum atomic E-state index is 3.37. The molecule has 0 aromatic heterocycles. The zero-order chi connectivity index (χ0) is 4.99. The molecule has 1 unspecified atom stereocenters. The van der Waals surface area contributed by atoms with Gasteiger partial charge >= 0.3 is 0 Å². The van der Waals surface area contributed by atoms with Gasteiger partial charge in [0.2, 0.25) is 0 Å². The number of rotatable bonds is 2. The van der Waals surface area contributed by atoms with Gasteiger partial charge in [0, 0.05) is 11.4 Å². The Morgan fingerprint density at radius 1 is 1.83 bits per heavy atom. The minimum absolute atomic E-state index is 0.600. The van der Waals surface area contributed by atoms with Crippen LogP contribution in [0.5, 0.6) is 0 Å². The molecule has 1 nitrogen and oxygen atoms in total. The standard InChI is InChI=1S/C4H10BrN/c1-4(5)3-6-2/h4,6H,3H2,1-2H3. The van der Waals surface area contributed by atoms with Crippen LogP contribution in [0, 0.1) is 0 Å². The van der Waals surface area contributed by atoms with E-state index in [-0.39, 0.29) is 0 Å². The highest BCUT2D eigenvalue weighted by Crippen LogP contribution is 1.91. The fourth-order valence-electron chi connectivity index (χ4n) is 0.281. The smallest absolute Gasteiger partial charge is 0.0242 e. The van der Waals surface area contributed by atoms with Crippen molar-refractivity contribution in [3.05, 3.63) is 0 Å². The van der Waals surface area contributed by atoms with Crippen LogP contribution in [0.3, 0.4) is 0 Å². The van der Waals surface area contributed by atoms with Crippen molar-refractivity contribution in [2.24, 2.45) is 0 Å². The Kier molecular flexibility index (Phi) is 3.89. The number of hydrogen-bond acceptors (Lipinski definition) is 1. The summed E-state index contributed by atoms with van der Waals surface area (Å²) in [7, 11) is 1.94. The maximum absolute atomic E-state index is 3.37. The molecule has 0 fully saturated rings. The van der Waals surface area contributed by atoms with E-state index in [2.05, 4.69) is 28.2 Å². The lowest BCUT2D eigenvalue weighted by Gasteiger charge is -1.96. The van der Waals surface area contributed by atoms with Gasteiger partial charge in [0.1, 0.15) is 0 Å². The van der Waals surface area contributed by atoms with Crippen molar-refractivity contribution in [1.29, 1.82) is 0 Å². The zero-order valence-corrected chi connectivity index (χ0v) is 5.75. The molecule has 1 N–H and O–H groups in total. The first-order valence-electron chi connectivity index (χ1n) is 2.06. The van der Waals surface area contributed by atoms with E-state index < -0.39 is 0 Å². The summed E-state index contributed by atoms with van der Waals surface area (Å²) in [5, 5.41) is 3.02. The first-order valence-corrected chi connectivity index (χ1v) is 2.97. The summed E-state index contributed by atoms with van der Waals surface area (Å²) >= 11 is 3.37. The summed E-state index contributed by atoms with van der Waals surface area (Å²) in [6, 6.07) is 0. The molecule has 0 saturated carbocycles. The van der Waals surface area contributed by atoms with Crippen molar-refractivity contribution in [3.8, 4) is 0 Å². The van der Waals surface area contributed by atoms with E-state index in [1.165, 1.54) is 0 Å². The monoisotopic (exact) mass is 151 g/mol. The quantitative estimate of drug-likeness (QED) is 0.581. The lowest BCUT2D eigenvalue weighted by atomic mass is 10.5. The molecule has 0 heterocycles. The summed E-state index contributed by atoms with van der Waals surface area (Å²) in [5.41, 5.74) is 0. The highest BCUT2D eigenvalue weighted by atomic mass is 79.9. The van der Waals surface area contributed by atoms with Crippen LogP contribution in [-0.2, 0) is 0 Å². The van der Waals surface area contributed by atoms with Crippen LogP contribution in [0.2, 0.25) is 0 Å². The largest absolute Gasteiger partial charge is 0.319 e. The molecule has 0 rings (SSSR count). The van der Waals surface area contributed by atoms with Crippen LogP contribution in [0.4, 0.5) is 0 Å². The average Bonchev–Trinajstić information content (AvgIpc) is 1.35. The van der Waals surface area contributed by atoms with E-state index >= 15 is 0 Å². The van der Waals surface area contributed by atoms with Crippen molar-refractivity contribution in [2.45, 2.75) is 11.8 Å². The first-order chi connectivity index (χ1) is 2.77. The highest BCUT2D eigenvalue weighted by molar-refractivity contribution is 9.09. The molecular weight excluding hydrogens is 142 g/mol. The van der Waals surface area contributed by atoms with Gasteiger partial charge in [-0.25, -0.2) is 0 Å². The number of hydrogen-bond donors (Lipinski definition) is 1. The van der Waals surface area contributed by atoms with E-state index in [9.17, 15) is 0 Å². The van der Waals surface area contributed by atoms with Gasteiger partial charge in [-0.3, -0.25) is 0 Å². The fraction of sp³-hybridized carbons (Fsp3) is 1.00. The van der Waals surface area contributed by atoms with Crippen LogP contribution in [0.15, 0.2) is 0 Å². The molecule has 0 aliphatic rings. The molecule has 6 heavy (non-hydrogen) atoms. The summed E-state index contributed by atoms with van der Waals surface area (Å²) in [6.45, 7) is 3.15. The Balaban J connectivity index is 2.63. The summed E-state index contributed by atoms with van der Waals surface area (Å²) in [4.78, 5) is 0.600. The minimum Gasteiger partial charge on any atom is -0.319 e. The van der Waals surface area contributed by atoms with Gasteiger partial charge < -0.3 is 5.32 Å². The van der Waals surface area contributed by atoms with Gasteiger partial charge in [-0.1, -0.05) is 22.9 Å². The Bertz CT molecular complexity index is 28.7. The number of alkyl halides is 1. The van der Waals surface area contributed by atoms with Crippen LogP contribution >= 0.6 is 15.9 Å². The van der Waals surface area contributed by atoms with E-state index in [0.29, 0.717) is 4.83 Å². The normalized spacial score (nSPS) is 14.5. The van der Waals surface area contributed by atoms with Gasteiger partial charge in [0.15, 0.2) is 0 Å². The van der Waals surface area contributed by atoms with E-state index in [1.807, 2.05) is 7.05 Å². The lowest BCUT2D eigenvalue weighted by molar-refractivity contribution is 0.793. The highest BCUT2D eigenvalue weighted by Gasteiger charge is 1.86. The topological polar surface area (TPSA) is 12.0 Å². The third kappa shape index (κ3) is 4.44. The van der Waals surface area contributed by atoms with Crippen LogP contribution in [-0.4, -0.2) is 18.4 Å². The Labute approximate surface area is 47.3 Å². The Morgan fingerprint density at radius 3 is 2.33 bits per heavy atom. The minimum atomic E-state index is 0.600. The van der Waals surface area contributed by atoms with Crippen LogP contribution < -0.4 is 5.32 Å². The second-order valence-corrected chi connectivity index (χ2v) is 2.90. The fourth-order valence-corrected chi connectivity index (χ4v) is 0.605. The van der Waals surface area contributed by atoms with E-state index in [1.54, 1.807) is 0 Å². The average molecular weight is 152 g/mol. The van der Waals surface area contributed by atoms with Gasteiger partial charge in [-0.15, -0.1) is 0 Å². The zero-order valence-electron chi connectivity index (χ0n) is 4.16. The van der Waals surface area contributed by atoms with Crippen LogP contribution in [0.1, 0.15) is 6.92 Å². The van der Waals surface area contributed by atoms with Crippen molar-refractivity contribution in [1.82, 2.24) is 5.32 Å².